The van der Waals surface area contributed by atoms with Crippen molar-refractivity contribution in [1.29, 1.82) is 0 Å². The van der Waals surface area contributed by atoms with Crippen LogP contribution in [0.25, 0.3) is 10.2 Å². The first kappa shape index (κ1) is 24.2. The molecular formula is C24H27FN4O4S. The Labute approximate surface area is 201 Å². The average molecular weight is 487 g/mol. The van der Waals surface area contributed by atoms with Crippen LogP contribution >= 0.6 is 11.5 Å². The molecule has 0 aliphatic carbocycles. The number of hydrogen-bond donors (Lipinski definition) is 1. The van der Waals surface area contributed by atoms with Crippen LogP contribution in [0.15, 0.2) is 30.3 Å². The summed E-state index contributed by atoms with van der Waals surface area (Å²) in [5, 5.41) is 10.1. The Morgan fingerprint density at radius 3 is 2.53 bits per heavy atom. The lowest BCUT2D eigenvalue weighted by Gasteiger charge is -2.32. The van der Waals surface area contributed by atoms with Crippen molar-refractivity contribution in [2.45, 2.75) is 25.5 Å². The molecule has 0 spiro atoms. The van der Waals surface area contributed by atoms with E-state index in [1.807, 2.05) is 0 Å². The lowest BCUT2D eigenvalue weighted by atomic mass is 9.90. The molecule has 3 heterocycles. The third kappa shape index (κ3) is 4.94. The Balaban J connectivity index is 1.52. The number of carbonyl (C=O) groups excluding carboxylic acids is 2. The van der Waals surface area contributed by atoms with Crippen LogP contribution in [-0.4, -0.2) is 76.5 Å². The highest BCUT2D eigenvalue weighted by Crippen LogP contribution is 2.31. The standard InChI is InChI=1S/C24H27FN4O4S/c1-28(2)24(32)22(30)21-20-18(34-27-21)13-17(33-3)19(26-20)23(31)29-10-8-15(9-11-29)12-14-4-6-16(25)7-5-14/h4-7,13,15,24,32H,8-12H2,1-3H3. The number of nitrogens with zero attached hydrogens (tertiary/aromatic N) is 4. The van der Waals surface area contributed by atoms with Crippen LogP contribution in [0.4, 0.5) is 4.39 Å². The Morgan fingerprint density at radius 2 is 1.91 bits per heavy atom. The van der Waals surface area contributed by atoms with Crippen LogP contribution in [0, 0.1) is 11.7 Å². The second-order valence-electron chi connectivity index (χ2n) is 8.68. The summed E-state index contributed by atoms with van der Waals surface area (Å²) in [6.45, 7) is 1.14. The van der Waals surface area contributed by atoms with E-state index in [-0.39, 0.29) is 28.6 Å². The van der Waals surface area contributed by atoms with Gasteiger partial charge in [0.25, 0.3) is 5.91 Å². The summed E-state index contributed by atoms with van der Waals surface area (Å²) in [6, 6.07) is 8.21. The molecule has 1 atom stereocenters. The number of fused-ring (bicyclic) bond motifs is 1. The fraction of sp³-hybridized carbons (Fsp3) is 0.417. The maximum absolute atomic E-state index is 13.4. The number of Topliss-reactive ketones (excluding diaryl/α,β-unsaturated/α-hetero) is 1. The number of rotatable bonds is 7. The number of carbonyl (C=O) groups is 2. The van der Waals surface area contributed by atoms with Gasteiger partial charge in [0.15, 0.2) is 23.4 Å². The minimum atomic E-state index is -1.35. The highest BCUT2D eigenvalue weighted by Gasteiger charge is 2.30. The Morgan fingerprint density at radius 1 is 1.24 bits per heavy atom. The number of aliphatic hydroxyl groups is 1. The number of likely N-dealkylation sites (tertiary alicyclic amines) is 1. The van der Waals surface area contributed by atoms with Crippen LogP contribution in [0.3, 0.4) is 0 Å². The molecule has 4 rings (SSSR count). The van der Waals surface area contributed by atoms with Gasteiger partial charge in [-0.2, -0.15) is 4.37 Å². The van der Waals surface area contributed by atoms with Gasteiger partial charge < -0.3 is 14.7 Å². The minimum Gasteiger partial charge on any atom is -0.494 e. The first-order valence-corrected chi connectivity index (χ1v) is 11.8. The number of likely N-dealkylation sites (N-methyl/N-ethyl adjacent to an activating group) is 1. The van der Waals surface area contributed by atoms with Gasteiger partial charge in [-0.3, -0.25) is 14.5 Å². The molecule has 3 aromatic rings. The Kier molecular flexibility index (Phi) is 7.20. The Hall–Kier alpha value is -2.95. The molecule has 8 nitrogen and oxygen atoms in total. The molecular weight excluding hydrogens is 459 g/mol. The number of aliphatic hydroxyl groups excluding tert-OH is 1. The van der Waals surface area contributed by atoms with E-state index >= 15 is 0 Å². The van der Waals surface area contributed by atoms with Gasteiger partial charge in [0, 0.05) is 19.2 Å². The number of halogens is 1. The van der Waals surface area contributed by atoms with Crippen molar-refractivity contribution in [3.63, 3.8) is 0 Å². The van der Waals surface area contributed by atoms with E-state index in [1.165, 1.54) is 24.1 Å². The van der Waals surface area contributed by atoms with Gasteiger partial charge in [-0.1, -0.05) is 12.1 Å². The molecule has 1 saturated heterocycles. The molecule has 1 unspecified atom stereocenters. The van der Waals surface area contributed by atoms with Crippen LogP contribution in [0.1, 0.15) is 39.4 Å². The number of amides is 1. The first-order valence-electron chi connectivity index (χ1n) is 11.0. The zero-order valence-electron chi connectivity index (χ0n) is 19.3. The van der Waals surface area contributed by atoms with E-state index in [0.717, 1.165) is 36.4 Å². The third-order valence-corrected chi connectivity index (χ3v) is 6.91. The molecule has 1 aliphatic heterocycles. The molecule has 0 saturated carbocycles. The van der Waals surface area contributed by atoms with E-state index in [4.69, 9.17) is 4.74 Å². The summed E-state index contributed by atoms with van der Waals surface area (Å²) in [6.07, 6.45) is 1.14. The smallest absolute Gasteiger partial charge is 0.276 e. The summed E-state index contributed by atoms with van der Waals surface area (Å²) in [5.41, 5.74) is 1.53. The summed E-state index contributed by atoms with van der Waals surface area (Å²) >= 11 is 1.07. The van der Waals surface area contributed by atoms with E-state index < -0.39 is 12.0 Å². The zero-order valence-corrected chi connectivity index (χ0v) is 20.1. The van der Waals surface area contributed by atoms with Crippen LogP contribution in [0.2, 0.25) is 0 Å². The molecule has 1 fully saturated rings. The van der Waals surface area contributed by atoms with Crippen molar-refractivity contribution in [1.82, 2.24) is 19.2 Å². The summed E-state index contributed by atoms with van der Waals surface area (Å²) in [4.78, 5) is 33.6. The topological polar surface area (TPSA) is 95.9 Å². The minimum absolute atomic E-state index is 0.0379. The number of pyridine rings is 1. The average Bonchev–Trinajstić information content (AvgIpc) is 3.26. The molecule has 10 heteroatoms. The molecule has 180 valence electrons. The van der Waals surface area contributed by atoms with Crippen molar-refractivity contribution in [2.75, 3.05) is 34.3 Å². The Bertz CT molecular complexity index is 1190. The summed E-state index contributed by atoms with van der Waals surface area (Å²) < 4.78 is 23.4. The van der Waals surface area contributed by atoms with Crippen molar-refractivity contribution in [3.8, 4) is 5.75 Å². The third-order valence-electron chi connectivity index (χ3n) is 6.13. The predicted octanol–water partition coefficient (Wildman–Crippen LogP) is 3.00. The maximum Gasteiger partial charge on any atom is 0.276 e. The van der Waals surface area contributed by atoms with Gasteiger partial charge in [0.05, 0.1) is 11.8 Å². The van der Waals surface area contributed by atoms with Crippen molar-refractivity contribution in [3.05, 3.63) is 53.1 Å². The number of ketones is 1. The quantitative estimate of drug-likeness (QED) is 0.405. The molecule has 1 N–H and O–H groups in total. The van der Waals surface area contributed by atoms with Gasteiger partial charge in [-0.05, 0) is 68.5 Å². The van der Waals surface area contributed by atoms with Crippen LogP contribution in [0.5, 0.6) is 5.75 Å². The van der Waals surface area contributed by atoms with Crippen molar-refractivity contribution < 1.29 is 23.8 Å². The predicted molar refractivity (Wildman–Crippen MR) is 127 cm³/mol. The fourth-order valence-electron chi connectivity index (χ4n) is 4.13. The SMILES string of the molecule is COc1cc2snc(C(=O)C(O)N(C)C)c2nc1C(=O)N1CCC(Cc2ccc(F)cc2)CC1. The van der Waals surface area contributed by atoms with E-state index in [1.54, 1.807) is 37.2 Å². The van der Waals surface area contributed by atoms with Crippen molar-refractivity contribution in [2.24, 2.45) is 5.92 Å². The van der Waals surface area contributed by atoms with Crippen LogP contribution in [-0.2, 0) is 6.42 Å². The number of aromatic nitrogens is 2. The van der Waals surface area contributed by atoms with Crippen LogP contribution < -0.4 is 4.74 Å². The second-order valence-corrected chi connectivity index (χ2v) is 9.49. The van der Waals surface area contributed by atoms with Crippen molar-refractivity contribution >= 4 is 33.4 Å². The second kappa shape index (κ2) is 10.1. The van der Waals surface area contributed by atoms with E-state index in [0.29, 0.717) is 29.5 Å². The maximum atomic E-state index is 13.4. The lowest BCUT2D eigenvalue weighted by molar-refractivity contribution is 0.0327. The molecule has 1 aliphatic rings. The zero-order chi connectivity index (χ0) is 24.4. The fourth-order valence-corrected chi connectivity index (χ4v) is 4.88. The number of methoxy groups -OCH3 is 1. The number of benzene rings is 1. The molecule has 34 heavy (non-hydrogen) atoms. The van der Waals surface area contributed by atoms with Gasteiger partial charge in [-0.25, -0.2) is 9.37 Å². The monoisotopic (exact) mass is 486 g/mol. The molecule has 2 aromatic heterocycles. The highest BCUT2D eigenvalue weighted by atomic mass is 32.1. The van der Waals surface area contributed by atoms with Gasteiger partial charge in [-0.15, -0.1) is 0 Å². The normalized spacial score (nSPS) is 15.6. The number of hydrogen-bond acceptors (Lipinski definition) is 8. The van der Waals surface area contributed by atoms with Gasteiger partial charge in [0.1, 0.15) is 11.3 Å². The number of piperidine rings is 1. The molecule has 0 radical (unpaired) electrons. The highest BCUT2D eigenvalue weighted by molar-refractivity contribution is 7.13. The molecule has 1 aromatic carbocycles. The largest absolute Gasteiger partial charge is 0.494 e. The molecule has 0 bridgehead atoms. The number of ether oxygens (including phenoxy) is 1. The van der Waals surface area contributed by atoms with E-state index in [9.17, 15) is 19.1 Å². The summed E-state index contributed by atoms with van der Waals surface area (Å²) in [7, 11) is 4.64. The van der Waals surface area contributed by atoms with Gasteiger partial charge >= 0.3 is 0 Å². The lowest BCUT2D eigenvalue weighted by Crippen LogP contribution is -2.39. The molecule has 1 amide bonds. The first-order chi connectivity index (χ1) is 16.3. The van der Waals surface area contributed by atoms with Gasteiger partial charge in [0.2, 0.25) is 5.78 Å². The summed E-state index contributed by atoms with van der Waals surface area (Å²) in [5.74, 6) is -0.360. The van der Waals surface area contributed by atoms with E-state index in [2.05, 4.69) is 9.36 Å².